The van der Waals surface area contributed by atoms with Crippen LogP contribution in [0.1, 0.15) is 25.5 Å². The molecule has 0 aromatic heterocycles. The Kier molecular flexibility index (Phi) is 5.36. The molecular weight excluding hydrogens is 314 g/mol. The summed E-state index contributed by atoms with van der Waals surface area (Å²) in [5.74, 6) is -0.0976. The van der Waals surface area contributed by atoms with Crippen molar-refractivity contribution in [2.24, 2.45) is 0 Å². The first-order chi connectivity index (χ1) is 12.2. The SMILES string of the molecule is CCN(CC)CCN1C(=O)C(c2ccccc2)N(O)c2ccccc21. The van der Waals surface area contributed by atoms with Crippen molar-refractivity contribution in [2.45, 2.75) is 19.9 Å². The van der Waals surface area contributed by atoms with E-state index in [1.54, 1.807) is 4.90 Å². The number of hydroxylamine groups is 1. The second kappa shape index (κ2) is 7.68. The van der Waals surface area contributed by atoms with E-state index in [-0.39, 0.29) is 5.91 Å². The molecule has 0 aliphatic carbocycles. The molecular formula is C20H25N3O2. The van der Waals surface area contributed by atoms with Crippen molar-refractivity contribution in [3.63, 3.8) is 0 Å². The molecule has 1 N–H and O–H groups in total. The molecule has 0 saturated heterocycles. The van der Waals surface area contributed by atoms with E-state index >= 15 is 0 Å². The molecule has 1 heterocycles. The fourth-order valence-electron chi connectivity index (χ4n) is 3.33. The highest BCUT2D eigenvalue weighted by molar-refractivity contribution is 6.05. The number of likely N-dealkylation sites (N-methyl/N-ethyl adjacent to an activating group) is 1. The summed E-state index contributed by atoms with van der Waals surface area (Å²) >= 11 is 0. The number of rotatable bonds is 6. The zero-order valence-electron chi connectivity index (χ0n) is 14.8. The minimum atomic E-state index is -0.715. The van der Waals surface area contributed by atoms with Gasteiger partial charge in [-0.2, -0.15) is 0 Å². The predicted molar refractivity (Wildman–Crippen MR) is 100 cm³/mol. The Morgan fingerprint density at radius 1 is 0.960 bits per heavy atom. The van der Waals surface area contributed by atoms with Crippen LogP contribution in [0.25, 0.3) is 0 Å². The molecule has 0 saturated carbocycles. The Morgan fingerprint density at radius 3 is 2.20 bits per heavy atom. The number of fused-ring (bicyclic) bond motifs is 1. The maximum Gasteiger partial charge on any atom is 0.257 e. The van der Waals surface area contributed by atoms with Crippen molar-refractivity contribution in [2.75, 3.05) is 36.1 Å². The van der Waals surface area contributed by atoms with E-state index in [9.17, 15) is 10.0 Å². The fraction of sp³-hybridized carbons (Fsp3) is 0.350. The average Bonchev–Trinajstić information content (AvgIpc) is 2.66. The summed E-state index contributed by atoms with van der Waals surface area (Å²) in [5, 5.41) is 11.8. The molecule has 0 fully saturated rings. The van der Waals surface area contributed by atoms with Gasteiger partial charge in [-0.15, -0.1) is 0 Å². The van der Waals surface area contributed by atoms with Gasteiger partial charge in [0, 0.05) is 13.1 Å². The molecule has 0 spiro atoms. The maximum absolute atomic E-state index is 13.2. The van der Waals surface area contributed by atoms with E-state index in [0.717, 1.165) is 35.9 Å². The quantitative estimate of drug-likeness (QED) is 0.877. The summed E-state index contributed by atoms with van der Waals surface area (Å²) in [7, 11) is 0. The average molecular weight is 339 g/mol. The number of anilines is 2. The Labute approximate surface area is 149 Å². The number of nitrogens with zero attached hydrogens (tertiary/aromatic N) is 3. The van der Waals surface area contributed by atoms with Gasteiger partial charge in [0.2, 0.25) is 0 Å². The van der Waals surface area contributed by atoms with E-state index in [0.29, 0.717) is 12.2 Å². The lowest BCUT2D eigenvalue weighted by Crippen LogP contribution is -2.49. The van der Waals surface area contributed by atoms with Gasteiger partial charge in [0.15, 0.2) is 6.04 Å². The van der Waals surface area contributed by atoms with Crippen molar-refractivity contribution in [1.82, 2.24) is 4.90 Å². The molecule has 1 aliphatic heterocycles. The third-order valence-corrected chi connectivity index (χ3v) is 4.81. The molecule has 0 bridgehead atoms. The lowest BCUT2D eigenvalue weighted by Gasteiger charge is -2.40. The highest BCUT2D eigenvalue weighted by Gasteiger charge is 2.38. The summed E-state index contributed by atoms with van der Waals surface area (Å²) in [4.78, 5) is 17.3. The van der Waals surface area contributed by atoms with Gasteiger partial charge in [-0.25, -0.2) is 5.06 Å². The van der Waals surface area contributed by atoms with Crippen LogP contribution in [0, 0.1) is 0 Å². The van der Waals surface area contributed by atoms with Gasteiger partial charge < -0.3 is 9.80 Å². The Balaban J connectivity index is 1.96. The zero-order chi connectivity index (χ0) is 17.8. The van der Waals surface area contributed by atoms with Crippen LogP contribution in [0.4, 0.5) is 11.4 Å². The summed E-state index contributed by atoms with van der Waals surface area (Å²) in [6, 6.07) is 16.2. The van der Waals surface area contributed by atoms with Gasteiger partial charge in [-0.05, 0) is 30.8 Å². The van der Waals surface area contributed by atoms with Gasteiger partial charge >= 0.3 is 0 Å². The van der Waals surface area contributed by atoms with Crippen LogP contribution in [0.3, 0.4) is 0 Å². The normalized spacial score (nSPS) is 17.1. The molecule has 25 heavy (non-hydrogen) atoms. The van der Waals surface area contributed by atoms with Crippen molar-refractivity contribution in [1.29, 1.82) is 0 Å². The first-order valence-corrected chi connectivity index (χ1v) is 8.83. The molecule has 1 unspecified atom stereocenters. The first kappa shape index (κ1) is 17.5. The highest BCUT2D eigenvalue weighted by Crippen LogP contribution is 2.40. The zero-order valence-corrected chi connectivity index (χ0v) is 14.8. The smallest absolute Gasteiger partial charge is 0.257 e. The molecule has 5 heteroatoms. The highest BCUT2D eigenvalue weighted by atomic mass is 16.5. The summed E-state index contributed by atoms with van der Waals surface area (Å²) < 4.78 is 0. The standard InChI is InChI=1S/C20H25N3O2/c1-3-21(4-2)14-15-22-17-12-8-9-13-18(17)23(25)19(20(22)24)16-10-6-5-7-11-16/h5-13,19,25H,3-4,14-15H2,1-2H3. The third-order valence-electron chi connectivity index (χ3n) is 4.81. The van der Waals surface area contributed by atoms with Crippen LogP contribution in [0.2, 0.25) is 0 Å². The molecule has 2 aromatic carbocycles. The Bertz CT molecular complexity index is 716. The van der Waals surface area contributed by atoms with Crippen LogP contribution in [-0.2, 0) is 4.79 Å². The monoisotopic (exact) mass is 339 g/mol. The van der Waals surface area contributed by atoms with Crippen molar-refractivity contribution in [3.05, 3.63) is 60.2 Å². The van der Waals surface area contributed by atoms with Gasteiger partial charge in [-0.1, -0.05) is 56.3 Å². The summed E-state index contributed by atoms with van der Waals surface area (Å²) in [5.41, 5.74) is 2.21. The van der Waals surface area contributed by atoms with Gasteiger partial charge in [-0.3, -0.25) is 10.0 Å². The summed E-state index contributed by atoms with van der Waals surface area (Å²) in [6.07, 6.45) is 0. The molecule has 5 nitrogen and oxygen atoms in total. The van der Waals surface area contributed by atoms with Crippen LogP contribution in [-0.4, -0.2) is 42.2 Å². The van der Waals surface area contributed by atoms with Crippen LogP contribution < -0.4 is 9.96 Å². The second-order valence-electron chi connectivity index (χ2n) is 6.16. The number of para-hydroxylation sites is 2. The number of hydrogen-bond donors (Lipinski definition) is 1. The number of carbonyl (C=O) groups excluding carboxylic acids is 1. The van der Waals surface area contributed by atoms with Gasteiger partial charge in [0.1, 0.15) is 0 Å². The van der Waals surface area contributed by atoms with Gasteiger partial charge in [0.25, 0.3) is 5.91 Å². The molecule has 1 amide bonds. The van der Waals surface area contributed by atoms with Crippen molar-refractivity contribution >= 4 is 17.3 Å². The Morgan fingerprint density at radius 2 is 1.56 bits per heavy atom. The maximum atomic E-state index is 13.2. The second-order valence-corrected chi connectivity index (χ2v) is 6.16. The number of benzene rings is 2. The minimum Gasteiger partial charge on any atom is -0.307 e. The molecule has 1 aliphatic rings. The molecule has 0 radical (unpaired) electrons. The molecule has 2 aromatic rings. The first-order valence-electron chi connectivity index (χ1n) is 8.83. The number of amides is 1. The van der Waals surface area contributed by atoms with E-state index < -0.39 is 6.04 Å². The topological polar surface area (TPSA) is 47.0 Å². The molecule has 1 atom stereocenters. The van der Waals surface area contributed by atoms with Gasteiger partial charge in [0.05, 0.1) is 11.4 Å². The van der Waals surface area contributed by atoms with E-state index in [1.807, 2.05) is 54.6 Å². The Hall–Kier alpha value is -2.37. The number of hydrogen-bond acceptors (Lipinski definition) is 4. The summed E-state index contributed by atoms with van der Waals surface area (Å²) in [6.45, 7) is 7.56. The van der Waals surface area contributed by atoms with E-state index in [4.69, 9.17) is 0 Å². The minimum absolute atomic E-state index is 0.0976. The van der Waals surface area contributed by atoms with E-state index in [2.05, 4.69) is 18.7 Å². The third kappa shape index (κ3) is 3.38. The van der Waals surface area contributed by atoms with Crippen LogP contribution in [0.5, 0.6) is 0 Å². The lowest BCUT2D eigenvalue weighted by atomic mass is 10.0. The van der Waals surface area contributed by atoms with Crippen molar-refractivity contribution < 1.29 is 10.0 Å². The van der Waals surface area contributed by atoms with Crippen LogP contribution >= 0.6 is 0 Å². The van der Waals surface area contributed by atoms with E-state index in [1.165, 1.54) is 0 Å². The van der Waals surface area contributed by atoms with Crippen molar-refractivity contribution in [3.8, 4) is 0 Å². The van der Waals surface area contributed by atoms with Crippen LogP contribution in [0.15, 0.2) is 54.6 Å². The largest absolute Gasteiger partial charge is 0.307 e. The molecule has 3 rings (SSSR count). The fourth-order valence-corrected chi connectivity index (χ4v) is 3.33. The number of carbonyl (C=O) groups is 1. The predicted octanol–water partition coefficient (Wildman–Crippen LogP) is 3.31. The molecule has 132 valence electrons. The lowest BCUT2D eigenvalue weighted by molar-refractivity contribution is -0.121.